The largest absolute Gasteiger partial charge is 0.383 e. The first-order valence-electron chi connectivity index (χ1n) is 6.49. The molecule has 0 aliphatic rings. The third kappa shape index (κ3) is 3.90. The molecule has 0 radical (unpaired) electrons. The van der Waals surface area contributed by atoms with Crippen molar-refractivity contribution >= 4 is 0 Å². The topological polar surface area (TPSA) is 56.9 Å². The molecule has 0 bridgehead atoms. The predicted octanol–water partition coefficient (Wildman–Crippen LogP) is 1.08. The minimum Gasteiger partial charge on any atom is -0.383 e. The molecule has 104 valence electrons. The Morgan fingerprint density at radius 2 is 2.37 bits per heavy atom. The summed E-state index contributed by atoms with van der Waals surface area (Å²) in [6.45, 7) is 5.37. The van der Waals surface area contributed by atoms with Gasteiger partial charge in [0.2, 0.25) is 0 Å². The van der Waals surface area contributed by atoms with Crippen molar-refractivity contribution in [2.24, 2.45) is 0 Å². The van der Waals surface area contributed by atoms with Crippen molar-refractivity contribution in [3.63, 3.8) is 0 Å². The van der Waals surface area contributed by atoms with Crippen LogP contribution in [0, 0.1) is 0 Å². The van der Waals surface area contributed by atoms with Crippen LogP contribution in [0.2, 0.25) is 0 Å². The van der Waals surface area contributed by atoms with Crippen LogP contribution in [0.1, 0.15) is 18.7 Å². The molecule has 0 saturated carbocycles. The van der Waals surface area contributed by atoms with Crippen molar-refractivity contribution in [1.29, 1.82) is 0 Å². The molecule has 2 aromatic rings. The quantitative estimate of drug-likeness (QED) is 0.724. The summed E-state index contributed by atoms with van der Waals surface area (Å²) in [5, 5.41) is 7.57. The van der Waals surface area contributed by atoms with Crippen molar-refractivity contribution in [2.45, 2.75) is 26.1 Å². The van der Waals surface area contributed by atoms with Gasteiger partial charge in [-0.1, -0.05) is 0 Å². The third-order valence-electron chi connectivity index (χ3n) is 3.02. The van der Waals surface area contributed by atoms with Crippen LogP contribution in [-0.2, 0) is 17.8 Å². The lowest BCUT2D eigenvalue weighted by Gasteiger charge is -2.17. The summed E-state index contributed by atoms with van der Waals surface area (Å²) in [7, 11) is 1.71. The van der Waals surface area contributed by atoms with E-state index in [4.69, 9.17) is 4.74 Å². The molecule has 0 saturated heterocycles. The Hall–Kier alpha value is -1.66. The van der Waals surface area contributed by atoms with Gasteiger partial charge in [0.15, 0.2) is 0 Å². The van der Waals surface area contributed by atoms with E-state index >= 15 is 0 Å². The van der Waals surface area contributed by atoms with E-state index in [1.54, 1.807) is 13.3 Å². The lowest BCUT2D eigenvalue weighted by molar-refractivity contribution is 0.199. The van der Waals surface area contributed by atoms with E-state index in [2.05, 4.69) is 26.9 Å². The van der Waals surface area contributed by atoms with Crippen LogP contribution in [0.25, 0.3) is 0 Å². The molecule has 0 aromatic carbocycles. The summed E-state index contributed by atoms with van der Waals surface area (Å²) in [6, 6.07) is 2.26. The van der Waals surface area contributed by atoms with Gasteiger partial charge in [-0.3, -0.25) is 4.68 Å². The maximum absolute atomic E-state index is 5.01. The van der Waals surface area contributed by atoms with Gasteiger partial charge < -0.3 is 14.6 Å². The molecular formula is C13H21N5O. The van der Waals surface area contributed by atoms with E-state index in [0.717, 1.165) is 26.2 Å². The Labute approximate surface area is 113 Å². The van der Waals surface area contributed by atoms with E-state index in [-0.39, 0.29) is 0 Å². The summed E-state index contributed by atoms with van der Waals surface area (Å²) in [6.07, 6.45) is 7.55. The highest BCUT2D eigenvalue weighted by Crippen LogP contribution is 2.11. The molecule has 6 heteroatoms. The van der Waals surface area contributed by atoms with Gasteiger partial charge in [0, 0.05) is 38.8 Å². The lowest BCUT2D eigenvalue weighted by atomic mass is 10.3. The fourth-order valence-electron chi connectivity index (χ4n) is 2.02. The number of nitrogens with zero attached hydrogens (tertiary/aromatic N) is 4. The van der Waals surface area contributed by atoms with Crippen molar-refractivity contribution in [3.05, 3.63) is 36.7 Å². The van der Waals surface area contributed by atoms with Gasteiger partial charge in [0.1, 0.15) is 0 Å². The summed E-state index contributed by atoms with van der Waals surface area (Å²) >= 11 is 0. The number of imidazole rings is 1. The van der Waals surface area contributed by atoms with Gasteiger partial charge in [-0.2, -0.15) is 5.10 Å². The highest BCUT2D eigenvalue weighted by molar-refractivity contribution is 4.99. The first kappa shape index (κ1) is 13.8. The summed E-state index contributed by atoms with van der Waals surface area (Å²) in [4.78, 5) is 4.23. The molecule has 1 unspecified atom stereocenters. The third-order valence-corrected chi connectivity index (χ3v) is 3.02. The highest BCUT2D eigenvalue weighted by Gasteiger charge is 2.10. The van der Waals surface area contributed by atoms with Gasteiger partial charge in [-0.15, -0.1) is 0 Å². The Balaban J connectivity index is 1.90. The number of rotatable bonds is 8. The molecule has 0 fully saturated rings. The number of hydrogen-bond acceptors (Lipinski definition) is 4. The summed E-state index contributed by atoms with van der Waals surface area (Å²) in [5.74, 6) is 0. The van der Waals surface area contributed by atoms with E-state index in [1.165, 1.54) is 5.69 Å². The molecule has 2 rings (SSSR count). The fourth-order valence-corrected chi connectivity index (χ4v) is 2.02. The zero-order valence-corrected chi connectivity index (χ0v) is 11.5. The second kappa shape index (κ2) is 7.06. The molecule has 1 N–H and O–H groups in total. The van der Waals surface area contributed by atoms with Crippen LogP contribution in [0.4, 0.5) is 0 Å². The van der Waals surface area contributed by atoms with E-state index in [1.807, 2.05) is 29.5 Å². The van der Waals surface area contributed by atoms with Crippen molar-refractivity contribution in [3.8, 4) is 0 Å². The van der Waals surface area contributed by atoms with Crippen LogP contribution < -0.4 is 5.32 Å². The number of nitrogens with one attached hydrogen (secondary N) is 1. The maximum Gasteiger partial charge on any atom is 0.0951 e. The smallest absolute Gasteiger partial charge is 0.0951 e. The minimum absolute atomic E-state index is 0.321. The SMILES string of the molecule is COCCNCc1cncn1C(C)Cn1cccn1. The maximum atomic E-state index is 5.01. The Kier molecular flexibility index (Phi) is 5.11. The Morgan fingerprint density at radius 1 is 1.47 bits per heavy atom. The Bertz CT molecular complexity index is 465. The second-order valence-electron chi connectivity index (χ2n) is 4.54. The first-order valence-corrected chi connectivity index (χ1v) is 6.49. The average molecular weight is 263 g/mol. The summed E-state index contributed by atoms with van der Waals surface area (Å²) in [5.41, 5.74) is 1.18. The number of methoxy groups -OCH3 is 1. The highest BCUT2D eigenvalue weighted by atomic mass is 16.5. The molecule has 6 nitrogen and oxygen atoms in total. The molecule has 19 heavy (non-hydrogen) atoms. The fraction of sp³-hybridized carbons (Fsp3) is 0.538. The molecule has 1 atom stereocenters. The van der Waals surface area contributed by atoms with Gasteiger partial charge in [0.25, 0.3) is 0 Å². The molecule has 2 heterocycles. The standard InChI is InChI=1S/C13H21N5O/c1-12(10-17-6-3-4-16-17)18-11-15-9-13(18)8-14-5-7-19-2/h3-4,6,9,11-12,14H,5,7-8,10H2,1-2H3. The molecule has 0 amide bonds. The van der Waals surface area contributed by atoms with E-state index in [0.29, 0.717) is 6.04 Å². The molecule has 0 aliphatic heterocycles. The minimum atomic E-state index is 0.321. The van der Waals surface area contributed by atoms with Gasteiger partial charge in [-0.05, 0) is 13.0 Å². The monoisotopic (exact) mass is 263 g/mol. The van der Waals surface area contributed by atoms with E-state index < -0.39 is 0 Å². The van der Waals surface area contributed by atoms with Crippen LogP contribution in [0.15, 0.2) is 31.0 Å². The first-order chi connectivity index (χ1) is 9.31. The average Bonchev–Trinajstić information content (AvgIpc) is 3.05. The molecular weight excluding hydrogens is 242 g/mol. The Morgan fingerprint density at radius 3 is 3.11 bits per heavy atom. The van der Waals surface area contributed by atoms with Gasteiger partial charge in [0.05, 0.1) is 31.2 Å². The van der Waals surface area contributed by atoms with Crippen LogP contribution in [0.5, 0.6) is 0 Å². The van der Waals surface area contributed by atoms with Crippen molar-refractivity contribution < 1.29 is 4.74 Å². The molecule has 0 spiro atoms. The molecule has 2 aromatic heterocycles. The van der Waals surface area contributed by atoms with Crippen molar-refractivity contribution in [2.75, 3.05) is 20.3 Å². The number of hydrogen-bond donors (Lipinski definition) is 1. The van der Waals surface area contributed by atoms with Crippen LogP contribution >= 0.6 is 0 Å². The zero-order valence-electron chi connectivity index (χ0n) is 11.5. The zero-order chi connectivity index (χ0) is 13.5. The van der Waals surface area contributed by atoms with Crippen LogP contribution in [0.3, 0.4) is 0 Å². The van der Waals surface area contributed by atoms with Gasteiger partial charge >= 0.3 is 0 Å². The summed E-state index contributed by atoms with van der Waals surface area (Å²) < 4.78 is 9.13. The lowest BCUT2D eigenvalue weighted by Crippen LogP contribution is -2.22. The van der Waals surface area contributed by atoms with Crippen LogP contribution in [-0.4, -0.2) is 39.6 Å². The second-order valence-corrected chi connectivity index (χ2v) is 4.54. The molecule has 0 aliphatic carbocycles. The predicted molar refractivity (Wildman–Crippen MR) is 72.7 cm³/mol. The van der Waals surface area contributed by atoms with Gasteiger partial charge in [-0.25, -0.2) is 4.98 Å². The van der Waals surface area contributed by atoms with E-state index in [9.17, 15) is 0 Å². The van der Waals surface area contributed by atoms with Crippen molar-refractivity contribution in [1.82, 2.24) is 24.6 Å². The number of aromatic nitrogens is 4. The normalized spacial score (nSPS) is 12.7. The number of ether oxygens (including phenoxy) is 1.